The molecule has 0 radical (unpaired) electrons. The van der Waals surface area contributed by atoms with Crippen LogP contribution in [0.1, 0.15) is 206 Å². The Morgan fingerprint density at radius 3 is 1.40 bits per heavy atom. The average molecular weight is 805 g/mol. The third-order valence-corrected chi connectivity index (χ3v) is 10.5. The Bertz CT molecular complexity index is 1030. The summed E-state index contributed by atoms with van der Waals surface area (Å²) in [6, 6.07) is -0.617. The lowest BCUT2D eigenvalue weighted by Gasteiger charge is -2.31. The molecule has 0 spiro atoms. The van der Waals surface area contributed by atoms with Gasteiger partial charge in [-0.05, 0) is 64.2 Å². The third-order valence-electron chi connectivity index (χ3n) is 10.5. The van der Waals surface area contributed by atoms with E-state index in [0.29, 0.717) is 19.3 Å². The van der Waals surface area contributed by atoms with Gasteiger partial charge in [-0.25, -0.2) is 4.79 Å². The first-order valence-corrected chi connectivity index (χ1v) is 23.5. The summed E-state index contributed by atoms with van der Waals surface area (Å²) < 4.78 is 17.3. The monoisotopic (exact) mass is 805 g/mol. The second kappa shape index (κ2) is 40.3. The molecule has 57 heavy (non-hydrogen) atoms. The van der Waals surface area contributed by atoms with E-state index in [-0.39, 0.29) is 36.2 Å². The Morgan fingerprint density at radius 2 is 0.930 bits per heavy atom. The van der Waals surface area contributed by atoms with Crippen molar-refractivity contribution in [3.8, 4) is 0 Å². The van der Waals surface area contributed by atoms with E-state index in [4.69, 9.17) is 14.2 Å². The van der Waals surface area contributed by atoms with Crippen LogP contribution < -0.4 is 0 Å². The van der Waals surface area contributed by atoms with Crippen LogP contribution >= 0.6 is 0 Å². The van der Waals surface area contributed by atoms with E-state index in [1.807, 2.05) is 21.1 Å². The van der Waals surface area contributed by atoms with Crippen LogP contribution in [0.25, 0.3) is 0 Å². The Kier molecular flexibility index (Phi) is 38.6. The van der Waals surface area contributed by atoms with Gasteiger partial charge in [-0.15, -0.1) is 0 Å². The van der Waals surface area contributed by atoms with Gasteiger partial charge in [0, 0.05) is 19.3 Å². The lowest BCUT2D eigenvalue weighted by molar-refractivity contribution is -0.887. The largest absolute Gasteiger partial charge is 0.477 e. The number of carbonyl (C=O) groups is 3. The minimum Gasteiger partial charge on any atom is -0.477 e. The van der Waals surface area contributed by atoms with Gasteiger partial charge in [0.05, 0.1) is 34.4 Å². The SMILES string of the molecule is CCCCC/C=C/C=C/CCCCCCCCC(=O)OC(COCCC(C(=O)O)[N+](C)(C)C)COC(=O)CCCCCCC/C=C/CCCCCCCCCCC. The van der Waals surface area contributed by atoms with Crippen LogP contribution in [-0.4, -0.2) is 80.6 Å². The normalized spacial score (nSPS) is 13.2. The molecule has 0 aromatic rings. The maximum Gasteiger partial charge on any atom is 0.362 e. The lowest BCUT2D eigenvalue weighted by Crippen LogP contribution is -2.50. The molecule has 2 unspecified atom stereocenters. The molecule has 0 saturated carbocycles. The summed E-state index contributed by atoms with van der Waals surface area (Å²) in [4.78, 5) is 37.0. The van der Waals surface area contributed by atoms with E-state index in [0.717, 1.165) is 64.2 Å². The maximum absolute atomic E-state index is 12.7. The molecule has 0 bridgehead atoms. The topological polar surface area (TPSA) is 99.1 Å². The fourth-order valence-electron chi connectivity index (χ4n) is 6.84. The maximum atomic E-state index is 12.7. The van der Waals surface area contributed by atoms with Crippen molar-refractivity contribution in [2.45, 2.75) is 219 Å². The molecule has 0 rings (SSSR count). The highest BCUT2D eigenvalue weighted by molar-refractivity contribution is 5.72. The molecule has 0 amide bonds. The van der Waals surface area contributed by atoms with Crippen LogP contribution in [0.2, 0.25) is 0 Å². The Labute approximate surface area is 351 Å². The Balaban J connectivity index is 4.32. The van der Waals surface area contributed by atoms with E-state index in [1.165, 1.54) is 109 Å². The van der Waals surface area contributed by atoms with Gasteiger partial charge in [-0.1, -0.05) is 159 Å². The number of likely N-dealkylation sites (N-methyl/N-ethyl adjacent to an activating group) is 1. The van der Waals surface area contributed by atoms with Crippen molar-refractivity contribution in [3.63, 3.8) is 0 Å². The predicted octanol–water partition coefficient (Wildman–Crippen LogP) is 13.0. The number of unbranched alkanes of at least 4 members (excludes halogenated alkanes) is 23. The summed E-state index contributed by atoms with van der Waals surface area (Å²) >= 11 is 0. The number of esters is 2. The predicted molar refractivity (Wildman–Crippen MR) is 238 cm³/mol. The summed E-state index contributed by atoms with van der Waals surface area (Å²) in [5, 5.41) is 9.63. The van der Waals surface area contributed by atoms with E-state index in [9.17, 15) is 19.5 Å². The van der Waals surface area contributed by atoms with Crippen molar-refractivity contribution in [3.05, 3.63) is 36.5 Å². The molecule has 2 atom stereocenters. The molecular weight excluding hydrogens is 715 g/mol. The highest BCUT2D eigenvalue weighted by Crippen LogP contribution is 2.14. The van der Waals surface area contributed by atoms with E-state index >= 15 is 0 Å². The van der Waals surface area contributed by atoms with Crippen molar-refractivity contribution in [2.24, 2.45) is 0 Å². The van der Waals surface area contributed by atoms with E-state index < -0.39 is 18.1 Å². The van der Waals surface area contributed by atoms with Gasteiger partial charge in [0.2, 0.25) is 0 Å². The van der Waals surface area contributed by atoms with Crippen LogP contribution in [0.5, 0.6) is 0 Å². The third kappa shape index (κ3) is 38.8. The number of carbonyl (C=O) groups excluding carboxylic acids is 2. The zero-order valence-electron chi connectivity index (χ0n) is 37.8. The standard InChI is InChI=1S/C49H89NO7/c1-6-8-10-12-14-16-18-20-22-23-24-26-27-29-31-33-35-37-39-47(51)56-44-45(43-55-42-41-46(49(53)54)50(3,4)5)57-48(52)40-38-36-34-32-30-28-25-21-19-17-15-13-11-9-7-2/h15,17,19,21,24,26,45-46H,6-14,16,18,20,22-23,25,27-44H2,1-5H3/p+1/b17-15+,21-19+,26-24+. The van der Waals surface area contributed by atoms with Crippen LogP contribution in [0.4, 0.5) is 0 Å². The minimum absolute atomic E-state index is 0.0548. The first kappa shape index (κ1) is 54.6. The number of ether oxygens (including phenoxy) is 3. The number of aliphatic carboxylic acids is 1. The first-order chi connectivity index (χ1) is 27.6. The average Bonchev–Trinajstić information content (AvgIpc) is 3.17. The van der Waals surface area contributed by atoms with Crippen molar-refractivity contribution in [1.82, 2.24) is 0 Å². The molecule has 0 aliphatic carbocycles. The summed E-state index contributed by atoms with van der Waals surface area (Å²) in [6.45, 7) is 4.70. The second-order valence-electron chi connectivity index (χ2n) is 17.0. The van der Waals surface area contributed by atoms with Gasteiger partial charge in [-0.3, -0.25) is 9.59 Å². The number of rotatable bonds is 42. The molecule has 0 fully saturated rings. The molecule has 0 aliphatic heterocycles. The molecule has 0 saturated heterocycles. The van der Waals surface area contributed by atoms with Crippen molar-refractivity contribution in [2.75, 3.05) is 41.0 Å². The highest BCUT2D eigenvalue weighted by Gasteiger charge is 2.31. The van der Waals surface area contributed by atoms with Crippen molar-refractivity contribution in [1.29, 1.82) is 0 Å². The number of hydrogen-bond donors (Lipinski definition) is 1. The second-order valence-corrected chi connectivity index (χ2v) is 17.0. The van der Waals surface area contributed by atoms with Gasteiger partial charge < -0.3 is 23.8 Å². The lowest BCUT2D eigenvalue weighted by atomic mass is 10.1. The van der Waals surface area contributed by atoms with Gasteiger partial charge in [0.15, 0.2) is 12.1 Å². The molecule has 332 valence electrons. The number of allylic oxidation sites excluding steroid dienone is 6. The molecule has 0 aromatic heterocycles. The van der Waals surface area contributed by atoms with Crippen LogP contribution in [0.3, 0.4) is 0 Å². The van der Waals surface area contributed by atoms with Crippen molar-refractivity contribution < 1.29 is 38.2 Å². The van der Waals surface area contributed by atoms with Gasteiger partial charge in [0.1, 0.15) is 6.61 Å². The summed E-state index contributed by atoms with van der Waals surface area (Å²) in [7, 11) is 5.52. The first-order valence-electron chi connectivity index (χ1n) is 23.5. The summed E-state index contributed by atoms with van der Waals surface area (Å²) in [5.41, 5.74) is 0. The summed E-state index contributed by atoms with van der Waals surface area (Å²) in [5.74, 6) is -1.49. The fraction of sp³-hybridized carbons (Fsp3) is 0.816. The Morgan fingerprint density at radius 1 is 0.526 bits per heavy atom. The Hall–Kier alpha value is -2.45. The number of quaternary nitrogens is 1. The highest BCUT2D eigenvalue weighted by atomic mass is 16.6. The number of carboxylic acid groups (broad SMARTS) is 1. The number of carboxylic acids is 1. The summed E-state index contributed by atoms with van der Waals surface area (Å²) in [6.07, 6.45) is 46.1. The number of nitrogens with zero attached hydrogens (tertiary/aromatic N) is 1. The van der Waals surface area contributed by atoms with Gasteiger partial charge in [-0.2, -0.15) is 0 Å². The molecule has 0 aromatic carbocycles. The van der Waals surface area contributed by atoms with Crippen LogP contribution in [0.15, 0.2) is 36.5 Å². The molecule has 0 aliphatic rings. The zero-order valence-corrected chi connectivity index (χ0v) is 37.8. The molecule has 1 N–H and O–H groups in total. The molecule has 0 heterocycles. The molecule has 8 nitrogen and oxygen atoms in total. The van der Waals surface area contributed by atoms with Crippen molar-refractivity contribution >= 4 is 17.9 Å². The molecular formula is C49H90NO7+. The van der Waals surface area contributed by atoms with Crippen LogP contribution in [0, 0.1) is 0 Å². The number of hydrogen-bond acceptors (Lipinski definition) is 6. The van der Waals surface area contributed by atoms with E-state index in [2.05, 4.69) is 50.3 Å². The minimum atomic E-state index is -0.878. The smallest absolute Gasteiger partial charge is 0.362 e. The zero-order chi connectivity index (χ0) is 42.1. The van der Waals surface area contributed by atoms with Gasteiger partial charge in [0.25, 0.3) is 0 Å². The molecule has 8 heteroatoms. The van der Waals surface area contributed by atoms with Gasteiger partial charge >= 0.3 is 17.9 Å². The van der Waals surface area contributed by atoms with Crippen LogP contribution in [-0.2, 0) is 28.6 Å². The fourth-order valence-corrected chi connectivity index (χ4v) is 6.84. The van der Waals surface area contributed by atoms with E-state index in [1.54, 1.807) is 0 Å². The quantitative estimate of drug-likeness (QED) is 0.0216.